The highest BCUT2D eigenvalue weighted by Crippen LogP contribution is 2.18. The highest BCUT2D eigenvalue weighted by atomic mass is 16.5. The van der Waals surface area contributed by atoms with Crippen molar-refractivity contribution in [3.8, 4) is 5.75 Å². The third-order valence-corrected chi connectivity index (χ3v) is 3.30. The van der Waals surface area contributed by atoms with E-state index in [0.29, 0.717) is 11.5 Å². The van der Waals surface area contributed by atoms with Crippen LogP contribution in [0.5, 0.6) is 5.75 Å². The fourth-order valence-corrected chi connectivity index (χ4v) is 1.57. The average Bonchev–Trinajstić information content (AvgIpc) is 2.28. The molecule has 0 radical (unpaired) electrons. The van der Waals surface area contributed by atoms with Gasteiger partial charge in [-0.25, -0.2) is 0 Å². The van der Waals surface area contributed by atoms with Gasteiger partial charge < -0.3 is 10.1 Å². The summed E-state index contributed by atoms with van der Waals surface area (Å²) < 4.78 is 5.22. The van der Waals surface area contributed by atoms with Crippen LogP contribution in [-0.2, 0) is 6.42 Å². The summed E-state index contributed by atoms with van der Waals surface area (Å²) in [7, 11) is 1.71. The van der Waals surface area contributed by atoms with Crippen LogP contribution in [0.25, 0.3) is 0 Å². The van der Waals surface area contributed by atoms with E-state index in [1.54, 1.807) is 7.11 Å². The highest BCUT2D eigenvalue weighted by molar-refractivity contribution is 5.28. The van der Waals surface area contributed by atoms with Crippen LogP contribution in [0, 0.1) is 5.41 Å². The Morgan fingerprint density at radius 3 is 2.59 bits per heavy atom. The monoisotopic (exact) mass is 235 g/mol. The summed E-state index contributed by atoms with van der Waals surface area (Å²) in [6.45, 7) is 10.0. The van der Waals surface area contributed by atoms with E-state index in [2.05, 4.69) is 45.1 Å². The van der Waals surface area contributed by atoms with Crippen LogP contribution in [0.4, 0.5) is 0 Å². The summed E-state index contributed by atoms with van der Waals surface area (Å²) in [5, 5.41) is 3.57. The minimum Gasteiger partial charge on any atom is -0.497 e. The van der Waals surface area contributed by atoms with Gasteiger partial charge >= 0.3 is 0 Å². The van der Waals surface area contributed by atoms with Gasteiger partial charge in [0.25, 0.3) is 0 Å². The largest absolute Gasteiger partial charge is 0.497 e. The number of nitrogens with one attached hydrogen (secondary N) is 1. The maximum absolute atomic E-state index is 5.22. The molecule has 0 saturated heterocycles. The van der Waals surface area contributed by atoms with Crippen molar-refractivity contribution in [2.45, 2.75) is 40.2 Å². The van der Waals surface area contributed by atoms with Crippen molar-refractivity contribution in [3.63, 3.8) is 0 Å². The molecule has 1 aromatic carbocycles. The van der Waals surface area contributed by atoms with Crippen molar-refractivity contribution < 1.29 is 4.74 Å². The van der Waals surface area contributed by atoms with Crippen LogP contribution in [0.2, 0.25) is 0 Å². The van der Waals surface area contributed by atoms with Crippen molar-refractivity contribution in [1.82, 2.24) is 5.32 Å². The van der Waals surface area contributed by atoms with Gasteiger partial charge in [0.15, 0.2) is 0 Å². The maximum atomic E-state index is 5.22. The second kappa shape index (κ2) is 6.06. The molecule has 96 valence electrons. The van der Waals surface area contributed by atoms with Crippen LogP contribution in [-0.4, -0.2) is 19.7 Å². The molecule has 0 fully saturated rings. The summed E-state index contributed by atoms with van der Waals surface area (Å²) in [4.78, 5) is 0. The fraction of sp³-hybridized carbons (Fsp3) is 0.600. The molecule has 0 spiro atoms. The molecule has 1 rings (SSSR count). The molecule has 17 heavy (non-hydrogen) atoms. The molecule has 0 aliphatic carbocycles. The van der Waals surface area contributed by atoms with E-state index in [4.69, 9.17) is 4.74 Å². The minimum atomic E-state index is 0.314. The Balaban J connectivity index is 2.40. The first kappa shape index (κ1) is 14.0. The molecule has 0 aromatic heterocycles. The molecule has 1 atom stereocenters. The van der Waals surface area contributed by atoms with Crippen LogP contribution < -0.4 is 10.1 Å². The average molecular weight is 235 g/mol. The molecule has 0 saturated carbocycles. The first-order valence-electron chi connectivity index (χ1n) is 6.30. The van der Waals surface area contributed by atoms with Crippen LogP contribution in [0.1, 0.15) is 33.3 Å². The van der Waals surface area contributed by atoms with E-state index in [1.807, 2.05) is 12.1 Å². The van der Waals surface area contributed by atoms with E-state index in [-0.39, 0.29) is 0 Å². The van der Waals surface area contributed by atoms with Crippen molar-refractivity contribution in [2.24, 2.45) is 5.41 Å². The van der Waals surface area contributed by atoms with E-state index >= 15 is 0 Å². The predicted molar refractivity (Wildman–Crippen MR) is 73.6 cm³/mol. The zero-order valence-electron chi connectivity index (χ0n) is 11.7. The fourth-order valence-electron chi connectivity index (χ4n) is 1.57. The molecule has 0 amide bonds. The van der Waals surface area contributed by atoms with Crippen molar-refractivity contribution in [1.29, 1.82) is 0 Å². The lowest BCUT2D eigenvalue weighted by Gasteiger charge is -2.28. The zero-order valence-corrected chi connectivity index (χ0v) is 11.7. The summed E-state index contributed by atoms with van der Waals surface area (Å²) in [6, 6.07) is 8.79. The molecule has 1 N–H and O–H groups in total. The molecular weight excluding hydrogens is 210 g/mol. The first-order chi connectivity index (χ1) is 7.93. The lowest BCUT2D eigenvalue weighted by Crippen LogP contribution is -2.38. The Kier molecular flexibility index (Phi) is 5.01. The summed E-state index contributed by atoms with van der Waals surface area (Å²) >= 11 is 0. The number of ether oxygens (including phenoxy) is 1. The van der Waals surface area contributed by atoms with Gasteiger partial charge in [0.1, 0.15) is 5.75 Å². The Hall–Kier alpha value is -1.02. The number of methoxy groups -OCH3 is 1. The molecule has 2 heteroatoms. The summed E-state index contributed by atoms with van der Waals surface area (Å²) in [5.74, 6) is 0.936. The standard InChI is InChI=1S/C15H25NO/c1-12(15(2,3)4)16-10-9-13-7-6-8-14(11-13)17-5/h6-8,11-12,16H,9-10H2,1-5H3. The van der Waals surface area contributed by atoms with Crippen molar-refractivity contribution in [3.05, 3.63) is 29.8 Å². The van der Waals surface area contributed by atoms with Gasteiger partial charge in [0.05, 0.1) is 7.11 Å². The van der Waals surface area contributed by atoms with Gasteiger partial charge in [-0.2, -0.15) is 0 Å². The first-order valence-corrected chi connectivity index (χ1v) is 6.30. The topological polar surface area (TPSA) is 21.3 Å². The molecule has 0 heterocycles. The molecule has 1 aromatic rings. The van der Waals surface area contributed by atoms with E-state index in [1.165, 1.54) is 5.56 Å². The van der Waals surface area contributed by atoms with Gasteiger partial charge in [0, 0.05) is 6.04 Å². The number of rotatable bonds is 5. The Labute approximate surface area is 105 Å². The molecule has 1 unspecified atom stereocenters. The maximum Gasteiger partial charge on any atom is 0.119 e. The van der Waals surface area contributed by atoms with Gasteiger partial charge in [-0.05, 0) is 43.0 Å². The van der Waals surface area contributed by atoms with Crippen LogP contribution in [0.3, 0.4) is 0 Å². The molecule has 0 bridgehead atoms. The van der Waals surface area contributed by atoms with Crippen molar-refractivity contribution in [2.75, 3.05) is 13.7 Å². The molecule has 2 nitrogen and oxygen atoms in total. The third kappa shape index (κ3) is 4.78. The molecule has 0 aliphatic rings. The Bertz CT molecular complexity index is 341. The number of hydrogen-bond acceptors (Lipinski definition) is 2. The van der Waals surface area contributed by atoms with Gasteiger partial charge in [-0.3, -0.25) is 0 Å². The van der Waals surface area contributed by atoms with Crippen molar-refractivity contribution >= 4 is 0 Å². The van der Waals surface area contributed by atoms with E-state index in [9.17, 15) is 0 Å². The Morgan fingerprint density at radius 2 is 2.00 bits per heavy atom. The Morgan fingerprint density at radius 1 is 1.29 bits per heavy atom. The quantitative estimate of drug-likeness (QED) is 0.846. The lowest BCUT2D eigenvalue weighted by atomic mass is 9.88. The smallest absolute Gasteiger partial charge is 0.119 e. The predicted octanol–water partition coefficient (Wildman–Crippen LogP) is 3.26. The van der Waals surface area contributed by atoms with Crippen LogP contribution >= 0.6 is 0 Å². The lowest BCUT2D eigenvalue weighted by molar-refractivity contribution is 0.288. The molecule has 0 aliphatic heterocycles. The van der Waals surface area contributed by atoms with Crippen LogP contribution in [0.15, 0.2) is 24.3 Å². The van der Waals surface area contributed by atoms with E-state index in [0.717, 1.165) is 18.7 Å². The minimum absolute atomic E-state index is 0.314. The summed E-state index contributed by atoms with van der Waals surface area (Å²) in [5.41, 5.74) is 1.63. The molecular formula is C15H25NO. The van der Waals surface area contributed by atoms with Gasteiger partial charge in [-0.1, -0.05) is 32.9 Å². The number of hydrogen-bond donors (Lipinski definition) is 1. The van der Waals surface area contributed by atoms with Gasteiger partial charge in [0.2, 0.25) is 0 Å². The third-order valence-electron chi connectivity index (χ3n) is 3.30. The normalized spacial score (nSPS) is 13.5. The zero-order chi connectivity index (χ0) is 12.9. The highest BCUT2D eigenvalue weighted by Gasteiger charge is 2.18. The number of benzene rings is 1. The van der Waals surface area contributed by atoms with Gasteiger partial charge in [-0.15, -0.1) is 0 Å². The van der Waals surface area contributed by atoms with E-state index < -0.39 is 0 Å². The second-order valence-corrected chi connectivity index (χ2v) is 5.64. The summed E-state index contributed by atoms with van der Waals surface area (Å²) in [6.07, 6.45) is 1.04. The second-order valence-electron chi connectivity index (χ2n) is 5.64. The SMILES string of the molecule is COc1cccc(CCNC(C)C(C)(C)C)c1.